The van der Waals surface area contributed by atoms with Gasteiger partial charge in [-0.1, -0.05) is 123 Å². The minimum Gasteiger partial charge on any atom is -0.0843 e. The van der Waals surface area contributed by atoms with Gasteiger partial charge in [0.05, 0.1) is 0 Å². The Morgan fingerprint density at radius 2 is 1.06 bits per heavy atom. The van der Waals surface area contributed by atoms with E-state index in [1.807, 2.05) is 12.1 Å². The third-order valence-electron chi connectivity index (χ3n) is 7.18. The molecule has 0 aromatic heterocycles. The van der Waals surface area contributed by atoms with Crippen molar-refractivity contribution in [1.82, 2.24) is 0 Å². The molecule has 5 aromatic rings. The lowest BCUT2D eigenvalue weighted by Gasteiger charge is -2.21. The molecule has 0 N–H and O–H groups in total. The second-order valence-electron chi connectivity index (χ2n) is 9.56. The van der Waals surface area contributed by atoms with E-state index < -0.39 is 0 Å². The maximum Gasteiger partial charge on any atom is 0.0406 e. The van der Waals surface area contributed by atoms with Crippen LogP contribution >= 0.6 is 11.6 Å². The number of rotatable bonds is 3. The standard InChI is InChI=1S/C33H25Cl/c1-33(2)30-20-17-26(24-13-11-22(12-14-24)23-15-18-27(34)19-16-23)21-29(30)32-28(9-6-10-31(32)33)25-7-4-3-5-8-25/h3-21H,1-2H3. The predicted octanol–water partition coefficient (Wildman–Crippen LogP) is 9.65. The summed E-state index contributed by atoms with van der Waals surface area (Å²) in [5.74, 6) is 0. The third-order valence-corrected chi connectivity index (χ3v) is 7.43. The molecule has 5 aromatic carbocycles. The van der Waals surface area contributed by atoms with Gasteiger partial charge in [0.15, 0.2) is 0 Å². The van der Waals surface area contributed by atoms with Crippen LogP contribution in [0.2, 0.25) is 5.02 Å². The monoisotopic (exact) mass is 456 g/mol. The molecule has 0 atom stereocenters. The molecule has 0 bridgehead atoms. The molecule has 6 rings (SSSR count). The maximum atomic E-state index is 6.06. The first-order chi connectivity index (χ1) is 16.5. The lowest BCUT2D eigenvalue weighted by atomic mass is 9.81. The highest BCUT2D eigenvalue weighted by molar-refractivity contribution is 6.30. The van der Waals surface area contributed by atoms with Crippen LogP contribution < -0.4 is 0 Å². The van der Waals surface area contributed by atoms with Gasteiger partial charge in [0, 0.05) is 10.4 Å². The molecule has 0 spiro atoms. The van der Waals surface area contributed by atoms with E-state index in [4.69, 9.17) is 11.6 Å². The molecule has 0 saturated heterocycles. The van der Waals surface area contributed by atoms with Crippen molar-refractivity contribution in [1.29, 1.82) is 0 Å². The molecule has 0 fully saturated rings. The number of benzene rings is 5. The van der Waals surface area contributed by atoms with Crippen molar-refractivity contribution in [3.8, 4) is 44.5 Å². The van der Waals surface area contributed by atoms with Gasteiger partial charge >= 0.3 is 0 Å². The van der Waals surface area contributed by atoms with Gasteiger partial charge in [-0.05, 0) is 73.8 Å². The van der Waals surface area contributed by atoms with Gasteiger partial charge in [-0.3, -0.25) is 0 Å². The Morgan fingerprint density at radius 1 is 0.471 bits per heavy atom. The average Bonchev–Trinajstić information content (AvgIpc) is 3.11. The van der Waals surface area contributed by atoms with Crippen LogP contribution in [0.1, 0.15) is 25.0 Å². The number of hydrogen-bond donors (Lipinski definition) is 0. The SMILES string of the molecule is CC1(C)c2ccc(-c3ccc(-c4ccc(Cl)cc4)cc3)cc2-c2c(-c3ccccc3)cccc21. The molecule has 1 aliphatic rings. The number of fused-ring (bicyclic) bond motifs is 3. The average molecular weight is 457 g/mol. The molecular formula is C33H25Cl. The van der Waals surface area contributed by atoms with E-state index in [1.165, 1.54) is 55.6 Å². The van der Waals surface area contributed by atoms with Crippen LogP contribution in [0.5, 0.6) is 0 Å². The normalized spacial score (nSPS) is 13.4. The fourth-order valence-corrected chi connectivity index (χ4v) is 5.47. The largest absolute Gasteiger partial charge is 0.0843 e. The highest BCUT2D eigenvalue weighted by Gasteiger charge is 2.36. The number of hydrogen-bond acceptors (Lipinski definition) is 0. The van der Waals surface area contributed by atoms with Crippen molar-refractivity contribution in [3.05, 3.63) is 131 Å². The molecule has 0 radical (unpaired) electrons. The minimum absolute atomic E-state index is 0.0214. The first-order valence-electron chi connectivity index (χ1n) is 11.7. The zero-order valence-corrected chi connectivity index (χ0v) is 20.1. The molecule has 0 unspecified atom stereocenters. The fraction of sp³-hybridized carbons (Fsp3) is 0.0909. The lowest BCUT2D eigenvalue weighted by Crippen LogP contribution is -2.14. The topological polar surface area (TPSA) is 0 Å². The van der Waals surface area contributed by atoms with Crippen molar-refractivity contribution in [3.63, 3.8) is 0 Å². The van der Waals surface area contributed by atoms with Crippen molar-refractivity contribution >= 4 is 11.6 Å². The smallest absolute Gasteiger partial charge is 0.0406 e. The van der Waals surface area contributed by atoms with Crippen LogP contribution in [0.25, 0.3) is 44.5 Å². The zero-order chi connectivity index (χ0) is 23.3. The summed E-state index contributed by atoms with van der Waals surface area (Å²) >= 11 is 6.06. The van der Waals surface area contributed by atoms with Gasteiger partial charge in [0.1, 0.15) is 0 Å². The molecular weight excluding hydrogens is 432 g/mol. The summed E-state index contributed by atoms with van der Waals surface area (Å²) in [6.07, 6.45) is 0. The van der Waals surface area contributed by atoms with Crippen molar-refractivity contribution in [2.24, 2.45) is 0 Å². The highest BCUT2D eigenvalue weighted by atomic mass is 35.5. The van der Waals surface area contributed by atoms with Crippen molar-refractivity contribution in [2.45, 2.75) is 19.3 Å². The Kier molecular flexibility index (Phi) is 4.94. The summed E-state index contributed by atoms with van der Waals surface area (Å²) < 4.78 is 0. The summed E-state index contributed by atoms with van der Waals surface area (Å²) in [6.45, 7) is 4.68. The van der Waals surface area contributed by atoms with E-state index in [1.54, 1.807) is 0 Å². The van der Waals surface area contributed by atoms with Crippen LogP contribution in [0.3, 0.4) is 0 Å². The Hall–Kier alpha value is -3.61. The second kappa shape index (κ2) is 8.01. The molecule has 1 heteroatoms. The quantitative estimate of drug-likeness (QED) is 0.253. The molecule has 0 amide bonds. The van der Waals surface area contributed by atoms with Crippen LogP contribution in [-0.4, -0.2) is 0 Å². The van der Waals surface area contributed by atoms with Gasteiger partial charge < -0.3 is 0 Å². The summed E-state index contributed by atoms with van der Waals surface area (Å²) in [5, 5.41) is 0.761. The van der Waals surface area contributed by atoms with Crippen LogP contribution in [0.4, 0.5) is 0 Å². The van der Waals surface area contributed by atoms with E-state index in [2.05, 4.69) is 117 Å². The third kappa shape index (κ3) is 3.38. The van der Waals surface area contributed by atoms with Crippen LogP contribution in [-0.2, 0) is 5.41 Å². The predicted molar refractivity (Wildman–Crippen MR) is 145 cm³/mol. The highest BCUT2D eigenvalue weighted by Crippen LogP contribution is 2.52. The molecule has 0 nitrogen and oxygen atoms in total. The van der Waals surface area contributed by atoms with E-state index in [-0.39, 0.29) is 5.41 Å². The molecule has 34 heavy (non-hydrogen) atoms. The molecule has 0 heterocycles. The summed E-state index contributed by atoms with van der Waals surface area (Å²) in [5.41, 5.74) is 12.9. The zero-order valence-electron chi connectivity index (χ0n) is 19.3. The van der Waals surface area contributed by atoms with Crippen LogP contribution in [0, 0.1) is 0 Å². The first kappa shape index (κ1) is 21.0. The van der Waals surface area contributed by atoms with E-state index in [0.717, 1.165) is 5.02 Å². The van der Waals surface area contributed by atoms with Gasteiger partial charge in [-0.25, -0.2) is 0 Å². The molecule has 0 saturated carbocycles. The van der Waals surface area contributed by atoms with Gasteiger partial charge in [0.25, 0.3) is 0 Å². The maximum absolute atomic E-state index is 6.06. The number of halogens is 1. The Bertz CT molecular complexity index is 1490. The van der Waals surface area contributed by atoms with Gasteiger partial charge in [-0.2, -0.15) is 0 Å². The summed E-state index contributed by atoms with van der Waals surface area (Å²) in [4.78, 5) is 0. The van der Waals surface area contributed by atoms with Crippen LogP contribution in [0.15, 0.2) is 115 Å². The second-order valence-corrected chi connectivity index (χ2v) is 10.0. The summed E-state index contributed by atoms with van der Waals surface area (Å²) in [6, 6.07) is 41.3. The van der Waals surface area contributed by atoms with Crippen molar-refractivity contribution < 1.29 is 0 Å². The van der Waals surface area contributed by atoms with E-state index in [0.29, 0.717) is 0 Å². The molecule has 164 valence electrons. The van der Waals surface area contributed by atoms with E-state index in [9.17, 15) is 0 Å². The van der Waals surface area contributed by atoms with Gasteiger partial charge in [0.2, 0.25) is 0 Å². The fourth-order valence-electron chi connectivity index (χ4n) is 5.34. The molecule has 1 aliphatic carbocycles. The summed E-state index contributed by atoms with van der Waals surface area (Å²) in [7, 11) is 0. The van der Waals surface area contributed by atoms with E-state index >= 15 is 0 Å². The van der Waals surface area contributed by atoms with Crippen molar-refractivity contribution in [2.75, 3.05) is 0 Å². The Morgan fingerprint density at radius 3 is 1.74 bits per heavy atom. The lowest BCUT2D eigenvalue weighted by molar-refractivity contribution is 0.660. The minimum atomic E-state index is -0.0214. The Labute approximate surface area is 206 Å². The molecule has 0 aliphatic heterocycles. The Balaban J connectivity index is 1.46. The first-order valence-corrected chi connectivity index (χ1v) is 12.1. The van der Waals surface area contributed by atoms with Gasteiger partial charge in [-0.15, -0.1) is 0 Å².